The lowest BCUT2D eigenvalue weighted by Crippen LogP contribution is -2.50. The topological polar surface area (TPSA) is 102 Å². The van der Waals surface area contributed by atoms with E-state index >= 15 is 0 Å². The lowest BCUT2D eigenvalue weighted by atomic mass is 10.00. The molecule has 12 heavy (non-hydrogen) atoms. The minimum atomic E-state index is -0.943. The van der Waals surface area contributed by atoms with Crippen LogP contribution in [-0.2, 0) is 4.74 Å². The molecule has 0 spiro atoms. The van der Waals surface area contributed by atoms with Crippen LogP contribution in [0.25, 0.3) is 0 Å². The Labute approximate surface area is 71.3 Å². The summed E-state index contributed by atoms with van der Waals surface area (Å²) in [6.45, 7) is -0.132. The van der Waals surface area contributed by atoms with Gasteiger partial charge in [0.05, 0.1) is 24.8 Å². The van der Waals surface area contributed by atoms with Crippen molar-refractivity contribution in [3.05, 3.63) is 0 Å². The SMILES string of the molecule is N[C@@H]1CC[C@@H]([C@@H](N)CO)O[C@@H]1O. The van der Waals surface area contributed by atoms with Gasteiger partial charge in [0.2, 0.25) is 0 Å². The van der Waals surface area contributed by atoms with Crippen molar-refractivity contribution in [3.63, 3.8) is 0 Å². The largest absolute Gasteiger partial charge is 0.395 e. The first kappa shape index (κ1) is 9.88. The Morgan fingerprint density at radius 2 is 2.17 bits per heavy atom. The van der Waals surface area contributed by atoms with Crippen LogP contribution in [0.2, 0.25) is 0 Å². The molecule has 5 heteroatoms. The van der Waals surface area contributed by atoms with Crippen molar-refractivity contribution in [2.75, 3.05) is 6.61 Å². The molecule has 4 atom stereocenters. The summed E-state index contributed by atoms with van der Waals surface area (Å²) in [5.74, 6) is 0. The predicted molar refractivity (Wildman–Crippen MR) is 43.2 cm³/mol. The molecule has 0 bridgehead atoms. The number of aliphatic hydroxyl groups is 2. The van der Waals surface area contributed by atoms with Gasteiger partial charge < -0.3 is 26.4 Å². The summed E-state index contributed by atoms with van der Waals surface area (Å²) < 4.78 is 5.10. The average molecular weight is 176 g/mol. The second-order valence-corrected chi connectivity index (χ2v) is 3.15. The molecule has 1 aliphatic heterocycles. The summed E-state index contributed by atoms with van der Waals surface area (Å²) in [5.41, 5.74) is 11.0. The molecule has 1 fully saturated rings. The van der Waals surface area contributed by atoms with E-state index in [1.165, 1.54) is 0 Å². The summed E-state index contributed by atoms with van der Waals surface area (Å²) >= 11 is 0. The fourth-order valence-electron chi connectivity index (χ4n) is 1.28. The lowest BCUT2D eigenvalue weighted by Gasteiger charge is -2.33. The Hall–Kier alpha value is -0.200. The van der Waals surface area contributed by atoms with Crippen molar-refractivity contribution in [2.24, 2.45) is 11.5 Å². The minimum absolute atomic E-state index is 0.132. The van der Waals surface area contributed by atoms with Gasteiger partial charge in [-0.25, -0.2) is 0 Å². The maximum atomic E-state index is 9.21. The lowest BCUT2D eigenvalue weighted by molar-refractivity contribution is -0.179. The molecule has 0 amide bonds. The molecule has 0 unspecified atom stereocenters. The average Bonchev–Trinajstić information content (AvgIpc) is 2.08. The van der Waals surface area contributed by atoms with E-state index < -0.39 is 12.3 Å². The summed E-state index contributed by atoms with van der Waals surface area (Å²) in [7, 11) is 0. The summed E-state index contributed by atoms with van der Waals surface area (Å²) in [6.07, 6.45) is 0.158. The van der Waals surface area contributed by atoms with Gasteiger partial charge in [-0.2, -0.15) is 0 Å². The first-order valence-corrected chi connectivity index (χ1v) is 4.10. The summed E-state index contributed by atoms with van der Waals surface area (Å²) in [6, 6.07) is -0.751. The number of nitrogens with two attached hydrogens (primary N) is 2. The van der Waals surface area contributed by atoms with Crippen LogP contribution in [0.1, 0.15) is 12.8 Å². The standard InChI is InChI=1S/C7H16N2O3/c8-4-1-2-6(5(9)3-10)12-7(4)11/h4-7,10-11H,1-3,8-9H2/t4-,5+,6+,7+/m1/s1. The zero-order chi connectivity index (χ0) is 9.14. The van der Waals surface area contributed by atoms with Crippen molar-refractivity contribution in [1.29, 1.82) is 0 Å². The normalized spacial score (nSPS) is 39.5. The maximum absolute atomic E-state index is 9.21. The van der Waals surface area contributed by atoms with E-state index in [-0.39, 0.29) is 18.8 Å². The fourth-order valence-corrected chi connectivity index (χ4v) is 1.28. The third kappa shape index (κ3) is 2.15. The first-order valence-electron chi connectivity index (χ1n) is 4.10. The second-order valence-electron chi connectivity index (χ2n) is 3.15. The summed E-state index contributed by atoms with van der Waals surface area (Å²) in [4.78, 5) is 0. The van der Waals surface area contributed by atoms with Crippen molar-refractivity contribution >= 4 is 0 Å². The highest BCUT2D eigenvalue weighted by Gasteiger charge is 2.30. The molecule has 72 valence electrons. The van der Waals surface area contributed by atoms with Crippen molar-refractivity contribution in [3.8, 4) is 0 Å². The predicted octanol–water partition coefficient (Wildman–Crippen LogP) is -1.87. The van der Waals surface area contributed by atoms with Gasteiger partial charge in [0.15, 0.2) is 6.29 Å². The van der Waals surface area contributed by atoms with Crippen LogP contribution < -0.4 is 11.5 Å². The van der Waals surface area contributed by atoms with Gasteiger partial charge in [0, 0.05) is 0 Å². The molecule has 0 aliphatic carbocycles. The van der Waals surface area contributed by atoms with Gasteiger partial charge >= 0.3 is 0 Å². The number of ether oxygens (including phenoxy) is 1. The number of aliphatic hydroxyl groups excluding tert-OH is 2. The molecular formula is C7H16N2O3. The third-order valence-corrected chi connectivity index (χ3v) is 2.15. The molecule has 0 aromatic heterocycles. The van der Waals surface area contributed by atoms with Crippen molar-refractivity contribution < 1.29 is 14.9 Å². The molecule has 1 aliphatic rings. The van der Waals surface area contributed by atoms with Crippen LogP contribution >= 0.6 is 0 Å². The first-order chi connectivity index (χ1) is 5.65. The highest BCUT2D eigenvalue weighted by atomic mass is 16.6. The highest BCUT2D eigenvalue weighted by Crippen LogP contribution is 2.18. The molecule has 1 heterocycles. The Morgan fingerprint density at radius 3 is 2.67 bits per heavy atom. The van der Waals surface area contributed by atoms with Crippen LogP contribution in [-0.4, -0.2) is 41.3 Å². The van der Waals surface area contributed by atoms with Crippen LogP contribution in [0.4, 0.5) is 0 Å². The maximum Gasteiger partial charge on any atom is 0.170 e. The Kier molecular flexibility index (Phi) is 3.42. The number of hydrogen-bond donors (Lipinski definition) is 4. The van der Waals surface area contributed by atoms with Gasteiger partial charge in [-0.3, -0.25) is 0 Å². The quantitative estimate of drug-likeness (QED) is 0.395. The second kappa shape index (κ2) is 4.15. The number of hydrogen-bond acceptors (Lipinski definition) is 5. The van der Waals surface area contributed by atoms with E-state index in [9.17, 15) is 5.11 Å². The molecule has 1 rings (SSSR count). The monoisotopic (exact) mass is 176 g/mol. The van der Waals surface area contributed by atoms with E-state index in [4.69, 9.17) is 21.3 Å². The van der Waals surface area contributed by atoms with Crippen LogP contribution in [0, 0.1) is 0 Å². The van der Waals surface area contributed by atoms with Crippen molar-refractivity contribution in [2.45, 2.75) is 37.3 Å². The van der Waals surface area contributed by atoms with Gasteiger partial charge in [-0.15, -0.1) is 0 Å². The van der Waals surface area contributed by atoms with Crippen LogP contribution in [0.3, 0.4) is 0 Å². The molecule has 0 saturated carbocycles. The minimum Gasteiger partial charge on any atom is -0.395 e. The van der Waals surface area contributed by atoms with Crippen LogP contribution in [0.5, 0.6) is 0 Å². The van der Waals surface area contributed by atoms with Crippen LogP contribution in [0.15, 0.2) is 0 Å². The Balaban J connectivity index is 2.39. The van der Waals surface area contributed by atoms with E-state index in [0.717, 1.165) is 0 Å². The molecular weight excluding hydrogens is 160 g/mol. The molecule has 6 N–H and O–H groups in total. The molecule has 5 nitrogen and oxygen atoms in total. The molecule has 0 aromatic rings. The molecule has 1 saturated heterocycles. The van der Waals surface area contributed by atoms with Gasteiger partial charge in [0.25, 0.3) is 0 Å². The van der Waals surface area contributed by atoms with Gasteiger partial charge in [-0.1, -0.05) is 0 Å². The molecule has 0 aromatic carbocycles. The van der Waals surface area contributed by atoms with Gasteiger partial charge in [0.1, 0.15) is 0 Å². The van der Waals surface area contributed by atoms with E-state index in [1.807, 2.05) is 0 Å². The number of rotatable bonds is 2. The highest BCUT2D eigenvalue weighted by molar-refractivity contribution is 4.81. The fraction of sp³-hybridized carbons (Fsp3) is 1.00. The van der Waals surface area contributed by atoms with Gasteiger partial charge in [-0.05, 0) is 12.8 Å². The molecule has 0 radical (unpaired) electrons. The summed E-state index contributed by atoms with van der Waals surface area (Å²) in [5, 5.41) is 17.9. The third-order valence-electron chi connectivity index (χ3n) is 2.15. The van der Waals surface area contributed by atoms with E-state index in [2.05, 4.69) is 0 Å². The van der Waals surface area contributed by atoms with E-state index in [1.54, 1.807) is 0 Å². The van der Waals surface area contributed by atoms with E-state index in [0.29, 0.717) is 12.8 Å². The van der Waals surface area contributed by atoms with Crippen molar-refractivity contribution in [1.82, 2.24) is 0 Å². The smallest absolute Gasteiger partial charge is 0.170 e. The Morgan fingerprint density at radius 1 is 1.50 bits per heavy atom. The Bertz CT molecular complexity index is 145. The zero-order valence-electron chi connectivity index (χ0n) is 6.89. The zero-order valence-corrected chi connectivity index (χ0v) is 6.89.